The average Bonchev–Trinajstić information content (AvgIpc) is 2.78. The number of oxime groups is 1. The van der Waals surface area contributed by atoms with Gasteiger partial charge in [0.1, 0.15) is 0 Å². The summed E-state index contributed by atoms with van der Waals surface area (Å²) < 4.78 is 5.79. The van der Waals surface area contributed by atoms with E-state index in [9.17, 15) is 4.79 Å². The Bertz CT molecular complexity index is 634. The Labute approximate surface area is 118 Å². The van der Waals surface area contributed by atoms with Gasteiger partial charge < -0.3 is 14.9 Å². The third kappa shape index (κ3) is 2.96. The molecule has 0 aliphatic carbocycles. The van der Waals surface area contributed by atoms with Crippen molar-refractivity contribution in [2.24, 2.45) is 5.16 Å². The van der Waals surface area contributed by atoms with Crippen LogP contribution in [0, 0.1) is 0 Å². The number of carbonyl (C=O) groups excluding carboxylic acids is 1. The Morgan fingerprint density at radius 2 is 2.32 bits per heavy atom. The van der Waals surface area contributed by atoms with Crippen LogP contribution in [0.25, 0.3) is 10.9 Å². The lowest BCUT2D eigenvalue weighted by molar-refractivity contribution is -0.135. The van der Waals surface area contributed by atoms with Crippen LogP contribution in [0.1, 0.15) is 12.5 Å². The summed E-state index contributed by atoms with van der Waals surface area (Å²) in [6, 6.07) is 5.80. The molecule has 0 saturated carbocycles. The molecule has 0 radical (unpaired) electrons. The van der Waals surface area contributed by atoms with Gasteiger partial charge >= 0.3 is 5.97 Å². The van der Waals surface area contributed by atoms with Gasteiger partial charge in [-0.15, -0.1) is 0 Å². The lowest BCUT2D eigenvalue weighted by Crippen LogP contribution is -2.19. The van der Waals surface area contributed by atoms with Crippen LogP contribution < -0.4 is 0 Å². The lowest BCUT2D eigenvalue weighted by atomic mass is 10.1. The van der Waals surface area contributed by atoms with Gasteiger partial charge in [0.05, 0.1) is 6.61 Å². The van der Waals surface area contributed by atoms with Crippen molar-refractivity contribution < 1.29 is 14.7 Å². The Morgan fingerprint density at radius 1 is 1.53 bits per heavy atom. The Morgan fingerprint density at radius 3 is 3.00 bits per heavy atom. The monoisotopic (exact) mass is 324 g/mol. The van der Waals surface area contributed by atoms with Gasteiger partial charge in [-0.2, -0.15) is 0 Å². The number of nitrogens with zero attached hydrogens (tertiary/aromatic N) is 1. The number of ether oxygens (including phenoxy) is 1. The summed E-state index contributed by atoms with van der Waals surface area (Å²) in [5.41, 5.74) is 1.82. The fourth-order valence-electron chi connectivity index (χ4n) is 1.85. The van der Waals surface area contributed by atoms with Crippen LogP contribution in [-0.4, -0.2) is 28.5 Å². The molecule has 1 aromatic carbocycles. The van der Waals surface area contributed by atoms with Gasteiger partial charge in [-0.05, 0) is 24.6 Å². The van der Waals surface area contributed by atoms with Crippen LogP contribution in [0.3, 0.4) is 0 Å². The Kier molecular flexibility index (Phi) is 4.21. The summed E-state index contributed by atoms with van der Waals surface area (Å²) >= 11 is 3.39. The number of hydrogen-bond donors (Lipinski definition) is 2. The van der Waals surface area contributed by atoms with E-state index >= 15 is 0 Å². The number of H-pyrrole nitrogens is 1. The molecule has 0 amide bonds. The molecule has 0 aliphatic heterocycles. The van der Waals surface area contributed by atoms with E-state index in [4.69, 9.17) is 9.94 Å². The molecular formula is C13H13BrN2O3. The van der Waals surface area contributed by atoms with E-state index in [2.05, 4.69) is 26.1 Å². The maximum Gasteiger partial charge on any atom is 0.356 e. The second kappa shape index (κ2) is 5.88. The Balaban J connectivity index is 2.28. The number of benzene rings is 1. The van der Waals surface area contributed by atoms with Crippen molar-refractivity contribution in [3.8, 4) is 0 Å². The predicted octanol–water partition coefficient (Wildman–Crippen LogP) is 2.87. The second-order valence-corrected chi connectivity index (χ2v) is 4.86. The maximum atomic E-state index is 11.6. The smallest absolute Gasteiger partial charge is 0.356 e. The normalized spacial score (nSPS) is 11.8. The van der Waals surface area contributed by atoms with Gasteiger partial charge in [-0.3, -0.25) is 0 Å². The van der Waals surface area contributed by atoms with Crippen LogP contribution in [0.4, 0.5) is 0 Å². The van der Waals surface area contributed by atoms with Crippen molar-refractivity contribution in [3.63, 3.8) is 0 Å². The summed E-state index contributed by atoms with van der Waals surface area (Å²) in [5, 5.41) is 12.9. The van der Waals surface area contributed by atoms with Crippen molar-refractivity contribution in [3.05, 3.63) is 34.4 Å². The van der Waals surface area contributed by atoms with Gasteiger partial charge in [0.2, 0.25) is 0 Å². The highest BCUT2D eigenvalue weighted by Crippen LogP contribution is 2.23. The summed E-state index contributed by atoms with van der Waals surface area (Å²) in [5.74, 6) is -0.600. The summed E-state index contributed by atoms with van der Waals surface area (Å²) in [4.78, 5) is 14.7. The molecule has 2 aromatic rings. The molecule has 6 heteroatoms. The van der Waals surface area contributed by atoms with Crippen LogP contribution >= 0.6 is 15.9 Å². The minimum absolute atomic E-state index is 0.00864. The van der Waals surface area contributed by atoms with E-state index < -0.39 is 5.97 Å². The lowest BCUT2D eigenvalue weighted by Gasteiger charge is -2.03. The molecule has 1 heterocycles. The molecule has 5 nitrogen and oxygen atoms in total. The van der Waals surface area contributed by atoms with Gasteiger partial charge in [-0.25, -0.2) is 4.79 Å². The first-order chi connectivity index (χ1) is 9.15. The number of halogens is 1. The quantitative estimate of drug-likeness (QED) is 0.393. The van der Waals surface area contributed by atoms with Gasteiger partial charge in [0.25, 0.3) is 0 Å². The first-order valence-electron chi connectivity index (χ1n) is 5.79. The van der Waals surface area contributed by atoms with E-state index in [-0.39, 0.29) is 18.7 Å². The summed E-state index contributed by atoms with van der Waals surface area (Å²) in [6.07, 6.45) is 2.01. The third-order valence-electron chi connectivity index (χ3n) is 2.72. The first-order valence-corrected chi connectivity index (χ1v) is 6.58. The van der Waals surface area contributed by atoms with E-state index in [1.807, 2.05) is 18.2 Å². The van der Waals surface area contributed by atoms with Crippen LogP contribution in [0.5, 0.6) is 0 Å². The van der Waals surface area contributed by atoms with E-state index in [0.717, 1.165) is 20.9 Å². The zero-order chi connectivity index (χ0) is 13.8. The van der Waals surface area contributed by atoms with Crippen LogP contribution in [-0.2, 0) is 16.0 Å². The molecule has 0 fully saturated rings. The molecule has 0 spiro atoms. The van der Waals surface area contributed by atoms with Gasteiger partial charge in [-0.1, -0.05) is 27.2 Å². The molecule has 100 valence electrons. The number of rotatable bonds is 4. The number of aromatic amines is 1. The number of carbonyl (C=O) groups is 1. The molecule has 0 aliphatic rings. The van der Waals surface area contributed by atoms with Crippen molar-refractivity contribution >= 4 is 38.5 Å². The molecule has 2 rings (SSSR count). The minimum Gasteiger partial charge on any atom is -0.461 e. The number of nitrogens with one attached hydrogen (secondary N) is 1. The number of fused-ring (bicyclic) bond motifs is 1. The maximum absolute atomic E-state index is 11.6. The molecule has 2 N–H and O–H groups in total. The SMILES string of the molecule is CCOC(=O)/C(Cc1c[nH]c2cc(Br)ccc12)=N/O. The fraction of sp³-hybridized carbons (Fsp3) is 0.231. The molecule has 0 bridgehead atoms. The second-order valence-electron chi connectivity index (χ2n) is 3.95. The van der Waals surface area contributed by atoms with Crippen molar-refractivity contribution in [2.45, 2.75) is 13.3 Å². The summed E-state index contributed by atoms with van der Waals surface area (Å²) in [6.45, 7) is 1.95. The van der Waals surface area contributed by atoms with E-state index in [1.165, 1.54) is 0 Å². The first kappa shape index (κ1) is 13.6. The molecule has 0 saturated heterocycles. The molecule has 0 atom stereocenters. The van der Waals surface area contributed by atoms with Crippen LogP contribution in [0.2, 0.25) is 0 Å². The van der Waals surface area contributed by atoms with Crippen molar-refractivity contribution in [1.82, 2.24) is 4.98 Å². The highest BCUT2D eigenvalue weighted by molar-refractivity contribution is 9.10. The zero-order valence-corrected chi connectivity index (χ0v) is 11.9. The molecule has 1 aromatic heterocycles. The predicted molar refractivity (Wildman–Crippen MR) is 75.6 cm³/mol. The summed E-state index contributed by atoms with van der Waals surface area (Å²) in [7, 11) is 0. The highest BCUT2D eigenvalue weighted by atomic mass is 79.9. The number of esters is 1. The molecule has 19 heavy (non-hydrogen) atoms. The van der Waals surface area contributed by atoms with Gasteiger partial charge in [0, 0.05) is 28.0 Å². The number of hydrogen-bond acceptors (Lipinski definition) is 4. The van der Waals surface area contributed by atoms with Crippen molar-refractivity contribution in [2.75, 3.05) is 6.61 Å². The average molecular weight is 325 g/mol. The minimum atomic E-state index is -0.600. The van der Waals surface area contributed by atoms with E-state index in [0.29, 0.717) is 0 Å². The van der Waals surface area contributed by atoms with Crippen molar-refractivity contribution in [1.29, 1.82) is 0 Å². The highest BCUT2D eigenvalue weighted by Gasteiger charge is 2.16. The molecular weight excluding hydrogens is 312 g/mol. The standard InChI is InChI=1S/C13H13BrN2O3/c1-2-19-13(17)12(16-18)5-8-7-15-11-6-9(14)3-4-10(8)11/h3-4,6-7,15,18H,2,5H2,1H3/b16-12+. The van der Waals surface area contributed by atoms with Crippen LogP contribution in [0.15, 0.2) is 34.0 Å². The van der Waals surface area contributed by atoms with Gasteiger partial charge in [0.15, 0.2) is 5.71 Å². The third-order valence-corrected chi connectivity index (χ3v) is 3.21. The fourth-order valence-corrected chi connectivity index (χ4v) is 2.21. The Hall–Kier alpha value is -1.82. The molecule has 0 unspecified atom stereocenters. The largest absolute Gasteiger partial charge is 0.461 e. The number of aromatic nitrogens is 1. The topological polar surface area (TPSA) is 74.7 Å². The van der Waals surface area contributed by atoms with E-state index in [1.54, 1.807) is 13.1 Å². The zero-order valence-electron chi connectivity index (χ0n) is 10.3.